The van der Waals surface area contributed by atoms with E-state index in [9.17, 15) is 4.79 Å². The van der Waals surface area contributed by atoms with Crippen molar-refractivity contribution >= 4 is 21.9 Å². The van der Waals surface area contributed by atoms with Crippen molar-refractivity contribution in [1.82, 2.24) is 15.0 Å². The van der Waals surface area contributed by atoms with Crippen LogP contribution in [0.1, 0.15) is 16.2 Å². The number of hydrogen-bond donors (Lipinski definition) is 1. The first kappa shape index (κ1) is 11.7. The summed E-state index contributed by atoms with van der Waals surface area (Å²) in [5.41, 5.74) is 1.26. The summed E-state index contributed by atoms with van der Waals surface area (Å²) >= 11 is 3.29. The molecule has 0 aliphatic carbocycles. The summed E-state index contributed by atoms with van der Waals surface area (Å²) in [4.78, 5) is 23.0. The minimum absolute atomic E-state index is 0.0209. The van der Waals surface area contributed by atoms with Crippen LogP contribution in [-0.4, -0.2) is 26.0 Å². The van der Waals surface area contributed by atoms with Gasteiger partial charge in [0, 0.05) is 28.1 Å². The molecule has 0 spiro atoms. The number of aryl methyl sites for hydroxylation is 1. The van der Waals surface area contributed by atoms with Crippen LogP contribution < -0.4 is 0 Å². The fourth-order valence-corrected chi connectivity index (χ4v) is 1.71. The lowest BCUT2D eigenvalue weighted by molar-refractivity contribution is 0.0690. The van der Waals surface area contributed by atoms with Gasteiger partial charge >= 0.3 is 5.97 Å². The van der Waals surface area contributed by atoms with Crippen molar-refractivity contribution in [1.29, 1.82) is 0 Å². The van der Waals surface area contributed by atoms with Crippen LogP contribution in [-0.2, 0) is 0 Å². The lowest BCUT2D eigenvalue weighted by Gasteiger charge is -2.03. The van der Waals surface area contributed by atoms with Gasteiger partial charge in [-0.25, -0.2) is 14.8 Å². The van der Waals surface area contributed by atoms with Crippen molar-refractivity contribution in [3.63, 3.8) is 0 Å². The molecule has 0 unspecified atom stereocenters. The van der Waals surface area contributed by atoms with Gasteiger partial charge in [0.15, 0.2) is 11.5 Å². The Morgan fingerprint density at radius 3 is 2.71 bits per heavy atom. The van der Waals surface area contributed by atoms with Crippen LogP contribution in [0.15, 0.2) is 29.0 Å². The van der Waals surface area contributed by atoms with Crippen molar-refractivity contribution in [2.45, 2.75) is 6.92 Å². The number of carboxylic acid groups (broad SMARTS) is 1. The van der Waals surface area contributed by atoms with E-state index in [1.165, 1.54) is 6.07 Å². The zero-order chi connectivity index (χ0) is 12.4. The number of hydrogen-bond acceptors (Lipinski definition) is 4. The lowest BCUT2D eigenvalue weighted by Crippen LogP contribution is -2.04. The molecule has 0 bridgehead atoms. The largest absolute Gasteiger partial charge is 0.477 e. The molecule has 2 aromatic rings. The van der Waals surface area contributed by atoms with Gasteiger partial charge in [0.1, 0.15) is 0 Å². The monoisotopic (exact) mass is 293 g/mol. The number of halogens is 1. The van der Waals surface area contributed by atoms with E-state index in [4.69, 9.17) is 5.11 Å². The molecule has 0 amide bonds. The van der Waals surface area contributed by atoms with Crippen molar-refractivity contribution < 1.29 is 9.90 Å². The third-order valence-corrected chi connectivity index (χ3v) is 2.47. The second-order valence-electron chi connectivity index (χ2n) is 3.42. The Morgan fingerprint density at radius 1 is 1.29 bits per heavy atom. The zero-order valence-electron chi connectivity index (χ0n) is 8.88. The Bertz CT molecular complexity index is 587. The topological polar surface area (TPSA) is 76.0 Å². The third kappa shape index (κ3) is 2.65. The molecule has 17 heavy (non-hydrogen) atoms. The van der Waals surface area contributed by atoms with E-state index in [1.54, 1.807) is 25.4 Å². The first-order chi connectivity index (χ1) is 8.06. The molecule has 0 radical (unpaired) electrons. The van der Waals surface area contributed by atoms with Crippen LogP contribution >= 0.6 is 15.9 Å². The number of rotatable bonds is 2. The van der Waals surface area contributed by atoms with Crippen LogP contribution in [0.25, 0.3) is 11.4 Å². The molecule has 2 aromatic heterocycles. The minimum atomic E-state index is -1.07. The van der Waals surface area contributed by atoms with Crippen LogP contribution in [0.2, 0.25) is 0 Å². The van der Waals surface area contributed by atoms with Gasteiger partial charge in [-0.3, -0.25) is 4.98 Å². The molecule has 2 rings (SSSR count). The summed E-state index contributed by atoms with van der Waals surface area (Å²) < 4.78 is 0.789. The highest BCUT2D eigenvalue weighted by Gasteiger charge is 2.10. The maximum absolute atomic E-state index is 10.9. The average Bonchev–Trinajstić information content (AvgIpc) is 2.28. The molecular formula is C11H8BrN3O2. The molecule has 1 N–H and O–H groups in total. The molecule has 0 fully saturated rings. The first-order valence-electron chi connectivity index (χ1n) is 4.76. The molecule has 0 saturated heterocycles. The predicted molar refractivity (Wildman–Crippen MR) is 64.7 cm³/mol. The third-order valence-electron chi connectivity index (χ3n) is 2.04. The van der Waals surface area contributed by atoms with Gasteiger partial charge in [-0.1, -0.05) is 0 Å². The van der Waals surface area contributed by atoms with Crippen LogP contribution in [0.5, 0.6) is 0 Å². The Balaban J connectivity index is 2.56. The Kier molecular flexibility index (Phi) is 3.14. The molecule has 0 atom stereocenters. The average molecular weight is 294 g/mol. The number of pyridine rings is 1. The summed E-state index contributed by atoms with van der Waals surface area (Å²) in [5, 5.41) is 8.92. The van der Waals surface area contributed by atoms with Crippen LogP contribution in [0.4, 0.5) is 0 Å². The highest BCUT2D eigenvalue weighted by molar-refractivity contribution is 9.10. The number of aromatic carboxylic acids is 1. The Labute approximate surface area is 106 Å². The number of nitrogens with zero attached hydrogens (tertiary/aromatic N) is 3. The second-order valence-corrected chi connectivity index (χ2v) is 4.33. The van der Waals surface area contributed by atoms with E-state index in [2.05, 4.69) is 30.9 Å². The van der Waals surface area contributed by atoms with E-state index >= 15 is 0 Å². The first-order valence-corrected chi connectivity index (χ1v) is 5.55. The molecule has 2 heterocycles. The standard InChI is InChI=1S/C11H8BrN3O2/c1-6-2-9(11(16)17)15-10(14-6)7-3-8(12)5-13-4-7/h2-5H,1H3,(H,16,17). The zero-order valence-corrected chi connectivity index (χ0v) is 10.5. The van der Waals surface area contributed by atoms with Crippen molar-refractivity contribution in [3.05, 3.63) is 40.4 Å². The fraction of sp³-hybridized carbons (Fsp3) is 0.0909. The van der Waals surface area contributed by atoms with Gasteiger partial charge < -0.3 is 5.11 Å². The van der Waals surface area contributed by atoms with Gasteiger partial charge in [0.25, 0.3) is 0 Å². The van der Waals surface area contributed by atoms with E-state index in [-0.39, 0.29) is 5.69 Å². The number of aromatic nitrogens is 3. The molecule has 0 aromatic carbocycles. The maximum atomic E-state index is 10.9. The molecule has 0 aliphatic heterocycles. The maximum Gasteiger partial charge on any atom is 0.354 e. The molecular weight excluding hydrogens is 286 g/mol. The fourth-order valence-electron chi connectivity index (χ4n) is 1.34. The van der Waals surface area contributed by atoms with Gasteiger partial charge in [-0.2, -0.15) is 0 Å². The van der Waals surface area contributed by atoms with E-state index < -0.39 is 5.97 Å². The molecule has 0 saturated carbocycles. The predicted octanol–water partition coefficient (Wildman–Crippen LogP) is 2.31. The van der Waals surface area contributed by atoms with Crippen molar-refractivity contribution in [2.24, 2.45) is 0 Å². The van der Waals surface area contributed by atoms with Crippen molar-refractivity contribution in [3.8, 4) is 11.4 Å². The van der Waals surface area contributed by atoms with Crippen LogP contribution in [0.3, 0.4) is 0 Å². The second kappa shape index (κ2) is 4.58. The van der Waals surface area contributed by atoms with E-state index in [0.29, 0.717) is 17.1 Å². The van der Waals surface area contributed by atoms with Gasteiger partial charge in [0.05, 0.1) is 0 Å². The summed E-state index contributed by atoms with van der Waals surface area (Å²) in [5.74, 6) is -0.712. The Hall–Kier alpha value is -1.82. The molecule has 5 nitrogen and oxygen atoms in total. The van der Waals surface area contributed by atoms with Crippen molar-refractivity contribution in [2.75, 3.05) is 0 Å². The van der Waals surface area contributed by atoms with Gasteiger partial charge in [0.2, 0.25) is 0 Å². The quantitative estimate of drug-likeness (QED) is 0.919. The summed E-state index contributed by atoms with van der Waals surface area (Å²) in [6.45, 7) is 1.73. The van der Waals surface area contributed by atoms with E-state index in [0.717, 1.165) is 4.47 Å². The lowest BCUT2D eigenvalue weighted by atomic mass is 10.2. The molecule has 6 heteroatoms. The molecule has 86 valence electrons. The van der Waals surface area contributed by atoms with E-state index in [1.807, 2.05) is 0 Å². The highest BCUT2D eigenvalue weighted by Crippen LogP contribution is 2.19. The summed E-state index contributed by atoms with van der Waals surface area (Å²) in [6.07, 6.45) is 3.22. The SMILES string of the molecule is Cc1cc(C(=O)O)nc(-c2cncc(Br)c2)n1. The smallest absolute Gasteiger partial charge is 0.354 e. The Morgan fingerprint density at radius 2 is 2.06 bits per heavy atom. The highest BCUT2D eigenvalue weighted by atomic mass is 79.9. The molecule has 0 aliphatic rings. The normalized spacial score (nSPS) is 10.2. The minimum Gasteiger partial charge on any atom is -0.477 e. The van der Waals surface area contributed by atoms with Gasteiger partial charge in [-0.15, -0.1) is 0 Å². The summed E-state index contributed by atoms with van der Waals surface area (Å²) in [7, 11) is 0. The number of carboxylic acids is 1. The number of carbonyl (C=O) groups is 1. The summed E-state index contributed by atoms with van der Waals surface area (Å²) in [6, 6.07) is 3.21. The van der Waals surface area contributed by atoms with Gasteiger partial charge in [-0.05, 0) is 35.0 Å². The van der Waals surface area contributed by atoms with Crippen LogP contribution in [0, 0.1) is 6.92 Å².